The van der Waals surface area contributed by atoms with Crippen molar-refractivity contribution in [3.63, 3.8) is 0 Å². The van der Waals surface area contributed by atoms with Gasteiger partial charge in [-0.3, -0.25) is 4.79 Å². The Bertz CT molecular complexity index is 598. The SMILES string of the molecule is O=C(N[C@@H](Cc1cnc[nH]1)C(=O)O)c1ccc(Br)cn1. The van der Waals surface area contributed by atoms with Crippen LogP contribution in [0.2, 0.25) is 0 Å². The molecular weight excluding hydrogens is 328 g/mol. The van der Waals surface area contributed by atoms with Crippen molar-refractivity contribution < 1.29 is 14.7 Å². The van der Waals surface area contributed by atoms with Crippen LogP contribution in [-0.4, -0.2) is 38.0 Å². The van der Waals surface area contributed by atoms with Crippen LogP contribution >= 0.6 is 15.9 Å². The van der Waals surface area contributed by atoms with Crippen molar-refractivity contribution in [2.45, 2.75) is 12.5 Å². The zero-order valence-electron chi connectivity index (χ0n) is 10.2. The summed E-state index contributed by atoms with van der Waals surface area (Å²) in [7, 11) is 0. The zero-order chi connectivity index (χ0) is 14.5. The highest BCUT2D eigenvalue weighted by Gasteiger charge is 2.22. The Labute approximate surface area is 122 Å². The average Bonchev–Trinajstić information content (AvgIpc) is 2.91. The van der Waals surface area contributed by atoms with Crippen LogP contribution in [0, 0.1) is 0 Å². The number of hydrogen-bond donors (Lipinski definition) is 3. The van der Waals surface area contributed by atoms with E-state index in [9.17, 15) is 9.59 Å². The molecule has 0 saturated heterocycles. The average molecular weight is 339 g/mol. The summed E-state index contributed by atoms with van der Waals surface area (Å²) in [5, 5.41) is 11.6. The highest BCUT2D eigenvalue weighted by molar-refractivity contribution is 9.10. The molecule has 0 aliphatic rings. The van der Waals surface area contributed by atoms with Gasteiger partial charge in [0, 0.05) is 29.0 Å². The Morgan fingerprint density at radius 2 is 2.20 bits per heavy atom. The summed E-state index contributed by atoms with van der Waals surface area (Å²) in [6.07, 6.45) is 4.56. The monoisotopic (exact) mass is 338 g/mol. The number of nitrogens with one attached hydrogen (secondary N) is 2. The molecular formula is C12H11BrN4O3. The first-order chi connectivity index (χ1) is 9.56. The van der Waals surface area contributed by atoms with Crippen LogP contribution in [0.5, 0.6) is 0 Å². The number of H-pyrrole nitrogens is 1. The van der Waals surface area contributed by atoms with Gasteiger partial charge >= 0.3 is 5.97 Å². The lowest BCUT2D eigenvalue weighted by atomic mass is 10.1. The van der Waals surface area contributed by atoms with Gasteiger partial charge in [-0.05, 0) is 28.1 Å². The predicted octanol–water partition coefficient (Wildman–Crippen LogP) is 0.993. The summed E-state index contributed by atoms with van der Waals surface area (Å²) < 4.78 is 0.737. The quantitative estimate of drug-likeness (QED) is 0.753. The number of carbonyl (C=O) groups is 2. The van der Waals surface area contributed by atoms with Crippen LogP contribution in [0.1, 0.15) is 16.2 Å². The largest absolute Gasteiger partial charge is 0.480 e. The number of nitrogens with zero attached hydrogens (tertiary/aromatic N) is 2. The summed E-state index contributed by atoms with van der Waals surface area (Å²) >= 11 is 3.21. The molecule has 2 aromatic rings. The molecule has 104 valence electrons. The Morgan fingerprint density at radius 3 is 2.75 bits per heavy atom. The Hall–Kier alpha value is -2.22. The van der Waals surface area contributed by atoms with Crippen molar-refractivity contribution in [3.8, 4) is 0 Å². The second kappa shape index (κ2) is 6.29. The second-order valence-electron chi connectivity index (χ2n) is 4.01. The van der Waals surface area contributed by atoms with Gasteiger partial charge in [-0.2, -0.15) is 0 Å². The first kappa shape index (κ1) is 14.2. The van der Waals surface area contributed by atoms with E-state index in [1.807, 2.05) is 0 Å². The Balaban J connectivity index is 2.06. The molecule has 1 atom stereocenters. The molecule has 1 amide bonds. The number of aliphatic carboxylic acids is 1. The lowest BCUT2D eigenvalue weighted by Crippen LogP contribution is -2.42. The van der Waals surface area contributed by atoms with E-state index in [-0.39, 0.29) is 12.1 Å². The van der Waals surface area contributed by atoms with Gasteiger partial charge in [0.1, 0.15) is 11.7 Å². The molecule has 0 radical (unpaired) electrons. The number of carbonyl (C=O) groups excluding carboxylic acids is 1. The van der Waals surface area contributed by atoms with Crippen LogP contribution < -0.4 is 5.32 Å². The van der Waals surface area contributed by atoms with E-state index < -0.39 is 17.9 Å². The maximum Gasteiger partial charge on any atom is 0.326 e. The topological polar surface area (TPSA) is 108 Å². The number of rotatable bonds is 5. The normalized spacial score (nSPS) is 11.8. The molecule has 8 heteroatoms. The number of hydrogen-bond acceptors (Lipinski definition) is 4. The number of carboxylic acids is 1. The highest BCUT2D eigenvalue weighted by Crippen LogP contribution is 2.08. The molecule has 2 heterocycles. The van der Waals surface area contributed by atoms with E-state index in [1.54, 1.807) is 6.07 Å². The van der Waals surface area contributed by atoms with Gasteiger partial charge in [-0.15, -0.1) is 0 Å². The number of carboxylic acid groups (broad SMARTS) is 1. The van der Waals surface area contributed by atoms with Gasteiger partial charge < -0.3 is 15.4 Å². The van der Waals surface area contributed by atoms with Crippen molar-refractivity contribution in [2.75, 3.05) is 0 Å². The molecule has 0 unspecified atom stereocenters. The fraction of sp³-hybridized carbons (Fsp3) is 0.167. The molecule has 0 bridgehead atoms. The van der Waals surface area contributed by atoms with E-state index in [0.717, 1.165) is 4.47 Å². The van der Waals surface area contributed by atoms with E-state index in [2.05, 4.69) is 36.2 Å². The summed E-state index contributed by atoms with van der Waals surface area (Å²) in [5.74, 6) is -1.66. The number of imidazole rings is 1. The lowest BCUT2D eigenvalue weighted by Gasteiger charge is -2.13. The minimum Gasteiger partial charge on any atom is -0.480 e. The van der Waals surface area contributed by atoms with Gasteiger partial charge in [0.25, 0.3) is 5.91 Å². The van der Waals surface area contributed by atoms with E-state index >= 15 is 0 Å². The summed E-state index contributed by atoms with van der Waals surface area (Å²) in [4.78, 5) is 33.6. The van der Waals surface area contributed by atoms with E-state index in [4.69, 9.17) is 5.11 Å². The van der Waals surface area contributed by atoms with Crippen LogP contribution in [0.25, 0.3) is 0 Å². The minimum absolute atomic E-state index is 0.123. The molecule has 7 nitrogen and oxygen atoms in total. The number of amides is 1. The van der Waals surface area contributed by atoms with Gasteiger partial charge in [-0.1, -0.05) is 0 Å². The third-order valence-corrected chi connectivity index (χ3v) is 3.01. The lowest BCUT2D eigenvalue weighted by molar-refractivity contribution is -0.139. The van der Waals surface area contributed by atoms with E-state index in [1.165, 1.54) is 24.8 Å². The third kappa shape index (κ3) is 3.64. The molecule has 3 N–H and O–H groups in total. The van der Waals surface area contributed by atoms with Gasteiger partial charge in [0.15, 0.2) is 0 Å². The predicted molar refractivity (Wildman–Crippen MR) is 73.1 cm³/mol. The molecule has 0 aliphatic heterocycles. The molecule has 0 saturated carbocycles. The smallest absolute Gasteiger partial charge is 0.326 e. The molecule has 0 aliphatic carbocycles. The first-order valence-corrected chi connectivity index (χ1v) is 6.48. The van der Waals surface area contributed by atoms with Crippen LogP contribution in [0.4, 0.5) is 0 Å². The molecule has 0 spiro atoms. The third-order valence-electron chi connectivity index (χ3n) is 2.54. The van der Waals surface area contributed by atoms with Crippen LogP contribution in [0.15, 0.2) is 35.3 Å². The standard InChI is InChI=1S/C12H11BrN4O3/c13-7-1-2-9(15-4-7)11(18)17-10(12(19)20)3-8-5-14-6-16-8/h1-2,4-6,10H,3H2,(H,14,16)(H,17,18)(H,19,20)/t10-/m0/s1. The fourth-order valence-electron chi connectivity index (χ4n) is 1.56. The van der Waals surface area contributed by atoms with Crippen molar-refractivity contribution in [1.29, 1.82) is 0 Å². The minimum atomic E-state index is -1.12. The molecule has 2 aromatic heterocycles. The number of pyridine rings is 1. The van der Waals surface area contributed by atoms with Crippen molar-refractivity contribution in [2.24, 2.45) is 0 Å². The number of aromatic amines is 1. The highest BCUT2D eigenvalue weighted by atomic mass is 79.9. The van der Waals surface area contributed by atoms with Gasteiger partial charge in [0.2, 0.25) is 0 Å². The summed E-state index contributed by atoms with van der Waals surface area (Å²) in [5.41, 5.74) is 0.783. The number of aromatic nitrogens is 3. The van der Waals surface area contributed by atoms with Gasteiger partial charge in [0.05, 0.1) is 6.33 Å². The van der Waals surface area contributed by atoms with E-state index in [0.29, 0.717) is 5.69 Å². The zero-order valence-corrected chi connectivity index (χ0v) is 11.8. The van der Waals surface area contributed by atoms with Crippen LogP contribution in [-0.2, 0) is 11.2 Å². The number of halogens is 1. The maximum absolute atomic E-state index is 11.9. The molecule has 20 heavy (non-hydrogen) atoms. The van der Waals surface area contributed by atoms with Crippen molar-refractivity contribution in [1.82, 2.24) is 20.3 Å². The second-order valence-corrected chi connectivity index (χ2v) is 4.92. The molecule has 0 aromatic carbocycles. The Morgan fingerprint density at radius 1 is 1.40 bits per heavy atom. The fourth-order valence-corrected chi connectivity index (χ4v) is 1.79. The molecule has 2 rings (SSSR count). The van der Waals surface area contributed by atoms with Crippen molar-refractivity contribution >= 4 is 27.8 Å². The summed E-state index contributed by atoms with van der Waals surface area (Å²) in [6, 6.07) is 2.12. The maximum atomic E-state index is 11.9. The first-order valence-electron chi connectivity index (χ1n) is 5.68. The van der Waals surface area contributed by atoms with Crippen LogP contribution in [0.3, 0.4) is 0 Å². The summed E-state index contributed by atoms with van der Waals surface area (Å²) in [6.45, 7) is 0. The Kier molecular flexibility index (Phi) is 4.46. The molecule has 0 fully saturated rings. The van der Waals surface area contributed by atoms with Gasteiger partial charge in [-0.25, -0.2) is 14.8 Å². The van der Waals surface area contributed by atoms with Crippen molar-refractivity contribution in [3.05, 3.63) is 46.7 Å².